The van der Waals surface area contributed by atoms with Crippen molar-refractivity contribution in [2.24, 2.45) is 0 Å². The number of sulfonamides is 1. The highest BCUT2D eigenvalue weighted by Crippen LogP contribution is 2.15. The highest BCUT2D eigenvalue weighted by atomic mass is 32.2. The summed E-state index contributed by atoms with van der Waals surface area (Å²) in [5.41, 5.74) is 0. The lowest BCUT2D eigenvalue weighted by Gasteiger charge is -2.21. The molecule has 0 aliphatic carbocycles. The minimum absolute atomic E-state index is 0.00951. The van der Waals surface area contributed by atoms with E-state index in [1.807, 2.05) is 13.8 Å². The van der Waals surface area contributed by atoms with Gasteiger partial charge in [0.15, 0.2) is 0 Å². The fraction of sp³-hybridized carbons (Fsp3) is 0.500. The molecule has 0 saturated heterocycles. The average Bonchev–Trinajstić information content (AvgIpc) is 2.44. The summed E-state index contributed by atoms with van der Waals surface area (Å²) in [6, 6.07) is 4.55. The number of hydrogen-bond acceptors (Lipinski definition) is 3. The third kappa shape index (κ3) is 4.78. The number of carbonyl (C=O) groups excluding carboxylic acids is 1. The number of carbonyl (C=O) groups is 1. The molecule has 1 aromatic carbocycles. The summed E-state index contributed by atoms with van der Waals surface area (Å²) < 4.78 is 38.7. The van der Waals surface area contributed by atoms with E-state index in [9.17, 15) is 17.6 Å². The summed E-state index contributed by atoms with van der Waals surface area (Å²) in [5, 5.41) is 2.72. The second-order valence-corrected chi connectivity index (χ2v) is 6.70. The number of benzene rings is 1. The topological polar surface area (TPSA) is 66.5 Å². The monoisotopic (exact) mass is 316 g/mol. The zero-order valence-electron chi connectivity index (χ0n) is 12.5. The maximum Gasteiger partial charge on any atom is 0.243 e. The van der Waals surface area contributed by atoms with Gasteiger partial charge in [-0.05, 0) is 37.6 Å². The first-order valence-corrected chi connectivity index (χ1v) is 8.30. The Morgan fingerprint density at radius 1 is 1.29 bits per heavy atom. The lowest BCUT2D eigenvalue weighted by molar-refractivity contribution is -0.121. The molecule has 0 bridgehead atoms. The van der Waals surface area contributed by atoms with Crippen LogP contribution in [-0.4, -0.2) is 37.8 Å². The molecule has 1 rings (SSSR count). The van der Waals surface area contributed by atoms with Crippen LogP contribution in [-0.2, 0) is 14.8 Å². The van der Waals surface area contributed by atoms with Gasteiger partial charge in [0, 0.05) is 12.6 Å². The van der Waals surface area contributed by atoms with Crippen molar-refractivity contribution in [3.63, 3.8) is 0 Å². The first-order valence-electron chi connectivity index (χ1n) is 6.86. The van der Waals surface area contributed by atoms with Crippen molar-refractivity contribution in [3.8, 4) is 0 Å². The maximum absolute atomic E-state index is 12.9. The molecule has 1 N–H and O–H groups in total. The fourth-order valence-electron chi connectivity index (χ4n) is 1.71. The highest BCUT2D eigenvalue weighted by Gasteiger charge is 2.25. The van der Waals surface area contributed by atoms with Crippen molar-refractivity contribution in [2.45, 2.75) is 38.1 Å². The molecular formula is C14H21FN2O3S. The summed E-state index contributed by atoms with van der Waals surface area (Å²) >= 11 is 0. The standard InChI is InChI=1S/C14H21FN2O3S/c1-4-11(3)16-14(18)10-17(5-2)21(19,20)13-8-6-12(15)7-9-13/h6-9,11H,4-5,10H2,1-3H3,(H,16,18)/t11-/m1/s1. The Balaban J connectivity index is 2.88. The van der Waals surface area contributed by atoms with Crippen LogP contribution in [0, 0.1) is 5.82 Å². The summed E-state index contributed by atoms with van der Waals surface area (Å²) in [7, 11) is -3.80. The third-order valence-electron chi connectivity index (χ3n) is 3.14. The van der Waals surface area contributed by atoms with Gasteiger partial charge in [-0.2, -0.15) is 4.31 Å². The van der Waals surface area contributed by atoms with Gasteiger partial charge < -0.3 is 5.32 Å². The quantitative estimate of drug-likeness (QED) is 0.833. The van der Waals surface area contributed by atoms with E-state index in [1.54, 1.807) is 6.92 Å². The van der Waals surface area contributed by atoms with Gasteiger partial charge in [-0.1, -0.05) is 13.8 Å². The van der Waals surface area contributed by atoms with Crippen LogP contribution in [0.2, 0.25) is 0 Å². The van der Waals surface area contributed by atoms with Crippen molar-refractivity contribution in [1.82, 2.24) is 9.62 Å². The zero-order valence-corrected chi connectivity index (χ0v) is 13.3. The van der Waals surface area contributed by atoms with Crippen molar-refractivity contribution in [3.05, 3.63) is 30.1 Å². The Hall–Kier alpha value is -1.47. The Morgan fingerprint density at radius 3 is 2.33 bits per heavy atom. The second-order valence-electron chi connectivity index (χ2n) is 4.76. The van der Waals surface area contributed by atoms with Gasteiger partial charge in [0.1, 0.15) is 5.82 Å². The Morgan fingerprint density at radius 2 is 1.86 bits per heavy atom. The zero-order chi connectivity index (χ0) is 16.0. The van der Waals surface area contributed by atoms with E-state index in [4.69, 9.17) is 0 Å². The van der Waals surface area contributed by atoms with Crippen molar-refractivity contribution >= 4 is 15.9 Å². The first kappa shape index (κ1) is 17.6. The van der Waals surface area contributed by atoms with Gasteiger partial charge in [-0.3, -0.25) is 4.79 Å². The normalized spacial score (nSPS) is 13.2. The van der Waals surface area contributed by atoms with Crippen molar-refractivity contribution in [1.29, 1.82) is 0 Å². The third-order valence-corrected chi connectivity index (χ3v) is 5.08. The van der Waals surface area contributed by atoms with E-state index in [-0.39, 0.29) is 29.9 Å². The highest BCUT2D eigenvalue weighted by molar-refractivity contribution is 7.89. The molecule has 0 aliphatic heterocycles. The minimum Gasteiger partial charge on any atom is -0.353 e. The molecule has 0 radical (unpaired) electrons. The summed E-state index contributed by atoms with van der Waals surface area (Å²) in [5.74, 6) is -0.858. The van der Waals surface area contributed by atoms with Crippen molar-refractivity contribution in [2.75, 3.05) is 13.1 Å². The van der Waals surface area contributed by atoms with Crippen LogP contribution in [0.1, 0.15) is 27.2 Å². The van der Waals surface area contributed by atoms with Gasteiger partial charge in [-0.15, -0.1) is 0 Å². The van der Waals surface area contributed by atoms with Gasteiger partial charge in [0.25, 0.3) is 0 Å². The van der Waals surface area contributed by atoms with E-state index in [0.717, 1.165) is 22.9 Å². The van der Waals surface area contributed by atoms with Gasteiger partial charge >= 0.3 is 0 Å². The molecule has 0 spiro atoms. The van der Waals surface area contributed by atoms with Crippen LogP contribution in [0.5, 0.6) is 0 Å². The minimum atomic E-state index is -3.80. The second kappa shape index (κ2) is 7.51. The Bertz CT molecular complexity index is 572. The lowest BCUT2D eigenvalue weighted by Crippen LogP contribution is -2.43. The van der Waals surface area contributed by atoms with Crippen LogP contribution in [0.25, 0.3) is 0 Å². The Kier molecular flexibility index (Phi) is 6.29. The average molecular weight is 316 g/mol. The van der Waals surface area contributed by atoms with Crippen LogP contribution in [0.3, 0.4) is 0 Å². The first-order chi connectivity index (χ1) is 9.81. The van der Waals surface area contributed by atoms with E-state index in [2.05, 4.69) is 5.32 Å². The number of likely N-dealkylation sites (N-methyl/N-ethyl adjacent to an activating group) is 1. The molecule has 0 fully saturated rings. The molecule has 0 aromatic heterocycles. The van der Waals surface area contributed by atoms with Crippen molar-refractivity contribution < 1.29 is 17.6 Å². The molecule has 0 aliphatic rings. The molecule has 21 heavy (non-hydrogen) atoms. The van der Waals surface area contributed by atoms with E-state index < -0.39 is 15.8 Å². The number of hydrogen-bond donors (Lipinski definition) is 1. The predicted molar refractivity (Wildman–Crippen MR) is 78.7 cm³/mol. The molecule has 0 unspecified atom stereocenters. The smallest absolute Gasteiger partial charge is 0.243 e. The van der Waals surface area contributed by atoms with Crippen LogP contribution in [0.4, 0.5) is 4.39 Å². The van der Waals surface area contributed by atoms with Crippen LogP contribution < -0.4 is 5.32 Å². The molecule has 7 heteroatoms. The molecule has 1 aromatic rings. The number of halogens is 1. The van der Waals surface area contributed by atoms with E-state index >= 15 is 0 Å². The predicted octanol–water partition coefficient (Wildman–Crippen LogP) is 1.75. The van der Waals surface area contributed by atoms with E-state index in [0.29, 0.717) is 0 Å². The van der Waals surface area contributed by atoms with Gasteiger partial charge in [0.2, 0.25) is 15.9 Å². The fourth-order valence-corrected chi connectivity index (χ4v) is 3.11. The number of nitrogens with one attached hydrogen (secondary N) is 1. The largest absolute Gasteiger partial charge is 0.353 e. The Labute approximate surface area is 125 Å². The number of amides is 1. The number of rotatable bonds is 7. The number of nitrogens with zero attached hydrogens (tertiary/aromatic N) is 1. The SMILES string of the molecule is CC[C@@H](C)NC(=O)CN(CC)S(=O)(=O)c1ccc(F)cc1. The molecule has 0 saturated carbocycles. The van der Waals surface area contributed by atoms with Crippen LogP contribution in [0.15, 0.2) is 29.2 Å². The van der Waals surface area contributed by atoms with E-state index in [1.165, 1.54) is 12.1 Å². The van der Waals surface area contributed by atoms with Gasteiger partial charge in [0.05, 0.1) is 11.4 Å². The molecule has 1 amide bonds. The molecule has 5 nitrogen and oxygen atoms in total. The maximum atomic E-state index is 12.9. The molecule has 1 atom stereocenters. The summed E-state index contributed by atoms with van der Waals surface area (Å²) in [4.78, 5) is 11.8. The van der Waals surface area contributed by atoms with Crippen LogP contribution >= 0.6 is 0 Å². The van der Waals surface area contributed by atoms with Gasteiger partial charge in [-0.25, -0.2) is 12.8 Å². The summed E-state index contributed by atoms with van der Waals surface area (Å²) in [6.45, 7) is 5.34. The summed E-state index contributed by atoms with van der Waals surface area (Å²) in [6.07, 6.45) is 0.766. The molecule has 0 heterocycles. The lowest BCUT2D eigenvalue weighted by atomic mass is 10.2. The molecular weight excluding hydrogens is 295 g/mol. The molecule has 118 valence electrons.